The first-order chi connectivity index (χ1) is 7.74. The van der Waals surface area contributed by atoms with Crippen molar-refractivity contribution >= 4 is 23.8 Å². The van der Waals surface area contributed by atoms with Gasteiger partial charge in [0.05, 0.1) is 0 Å². The third kappa shape index (κ3) is 3.13. The van der Waals surface area contributed by atoms with Crippen LogP contribution in [0.25, 0.3) is 0 Å². The van der Waals surface area contributed by atoms with Crippen LogP contribution in [-0.2, 0) is 0 Å². The van der Waals surface area contributed by atoms with Crippen LogP contribution in [0.5, 0.6) is 0 Å². The second-order valence-corrected chi connectivity index (χ2v) is 4.55. The van der Waals surface area contributed by atoms with Crippen LogP contribution in [0.1, 0.15) is 41.7 Å². The van der Waals surface area contributed by atoms with Crippen LogP contribution < -0.4 is 16.8 Å². The van der Waals surface area contributed by atoms with Gasteiger partial charge in [-0.25, -0.2) is 9.97 Å². The molecule has 0 aromatic carbocycles. The van der Waals surface area contributed by atoms with Crippen molar-refractivity contribution in [3.8, 4) is 0 Å². The molecule has 17 heavy (non-hydrogen) atoms. The highest BCUT2D eigenvalue weighted by Gasteiger charge is 2.20. The zero-order chi connectivity index (χ0) is 13.2. The Morgan fingerprint density at radius 3 is 2.29 bits per heavy atom. The SMILES string of the molecule is CC(C)(C)NC(=O)c1nc(N)c(C=O)nc1N. The fraction of sp³-hybridized carbons (Fsp3) is 0.400. The topological polar surface area (TPSA) is 124 Å². The van der Waals surface area contributed by atoms with E-state index >= 15 is 0 Å². The molecule has 1 rings (SSSR count). The first kappa shape index (κ1) is 12.9. The first-order valence-corrected chi connectivity index (χ1v) is 4.95. The summed E-state index contributed by atoms with van der Waals surface area (Å²) in [6.45, 7) is 5.45. The van der Waals surface area contributed by atoms with Crippen LogP contribution in [0, 0.1) is 0 Å². The van der Waals surface area contributed by atoms with Crippen molar-refractivity contribution in [3.63, 3.8) is 0 Å². The molecule has 0 saturated heterocycles. The molecule has 0 atom stereocenters. The van der Waals surface area contributed by atoms with Gasteiger partial charge < -0.3 is 16.8 Å². The van der Waals surface area contributed by atoms with Gasteiger partial charge in [-0.15, -0.1) is 0 Å². The highest BCUT2D eigenvalue weighted by atomic mass is 16.2. The summed E-state index contributed by atoms with van der Waals surface area (Å²) in [4.78, 5) is 29.8. The van der Waals surface area contributed by atoms with E-state index < -0.39 is 11.4 Å². The number of aldehydes is 1. The minimum absolute atomic E-state index is 0.0743. The van der Waals surface area contributed by atoms with Gasteiger partial charge >= 0.3 is 0 Å². The van der Waals surface area contributed by atoms with Crippen molar-refractivity contribution in [1.82, 2.24) is 15.3 Å². The molecule has 5 N–H and O–H groups in total. The van der Waals surface area contributed by atoms with Gasteiger partial charge in [0.1, 0.15) is 5.69 Å². The Hall–Kier alpha value is -2.18. The summed E-state index contributed by atoms with van der Waals surface area (Å²) in [6.07, 6.45) is 0.435. The fourth-order valence-electron chi connectivity index (χ4n) is 1.13. The van der Waals surface area contributed by atoms with Crippen LogP contribution in [0.2, 0.25) is 0 Å². The number of hydrogen-bond donors (Lipinski definition) is 3. The number of anilines is 2. The van der Waals surface area contributed by atoms with E-state index in [2.05, 4.69) is 15.3 Å². The smallest absolute Gasteiger partial charge is 0.274 e. The van der Waals surface area contributed by atoms with E-state index in [1.54, 1.807) is 0 Å². The zero-order valence-electron chi connectivity index (χ0n) is 9.94. The van der Waals surface area contributed by atoms with E-state index in [9.17, 15) is 9.59 Å². The average molecular weight is 237 g/mol. The molecule has 1 heterocycles. The largest absolute Gasteiger partial charge is 0.382 e. The Labute approximate surface area is 98.6 Å². The van der Waals surface area contributed by atoms with Gasteiger partial charge in [-0.1, -0.05) is 0 Å². The van der Waals surface area contributed by atoms with E-state index in [1.807, 2.05) is 20.8 Å². The maximum Gasteiger partial charge on any atom is 0.274 e. The maximum absolute atomic E-state index is 11.8. The molecule has 1 aromatic rings. The number of nitrogens with two attached hydrogens (primary N) is 2. The van der Waals surface area contributed by atoms with E-state index in [0.717, 1.165) is 0 Å². The lowest BCUT2D eigenvalue weighted by atomic mass is 10.1. The number of aromatic nitrogens is 2. The third-order valence-corrected chi connectivity index (χ3v) is 1.79. The van der Waals surface area contributed by atoms with E-state index in [0.29, 0.717) is 6.29 Å². The normalized spacial score (nSPS) is 11.0. The third-order valence-electron chi connectivity index (χ3n) is 1.79. The summed E-state index contributed by atoms with van der Waals surface area (Å²) in [5.41, 5.74) is 10.4. The number of carbonyl (C=O) groups is 2. The van der Waals surface area contributed by atoms with Crippen molar-refractivity contribution in [1.29, 1.82) is 0 Å². The van der Waals surface area contributed by atoms with Crippen molar-refractivity contribution in [2.24, 2.45) is 0 Å². The molecule has 7 nitrogen and oxygen atoms in total. The highest BCUT2D eigenvalue weighted by molar-refractivity contribution is 5.98. The van der Waals surface area contributed by atoms with Crippen LogP contribution in [-0.4, -0.2) is 27.7 Å². The lowest BCUT2D eigenvalue weighted by Crippen LogP contribution is -2.41. The Bertz CT molecular complexity index is 464. The molecule has 0 unspecified atom stereocenters. The van der Waals surface area contributed by atoms with E-state index in [-0.39, 0.29) is 23.0 Å². The monoisotopic (exact) mass is 237 g/mol. The van der Waals surface area contributed by atoms with Crippen molar-refractivity contribution < 1.29 is 9.59 Å². The molecule has 1 aromatic heterocycles. The number of nitrogens with one attached hydrogen (secondary N) is 1. The van der Waals surface area contributed by atoms with Crippen LogP contribution >= 0.6 is 0 Å². The lowest BCUT2D eigenvalue weighted by Gasteiger charge is -2.20. The molecular weight excluding hydrogens is 222 g/mol. The van der Waals surface area contributed by atoms with Gasteiger partial charge in [0.15, 0.2) is 23.6 Å². The quantitative estimate of drug-likeness (QED) is 0.621. The van der Waals surface area contributed by atoms with Crippen LogP contribution in [0.15, 0.2) is 0 Å². The molecule has 0 saturated carbocycles. The first-order valence-electron chi connectivity index (χ1n) is 4.95. The summed E-state index contributed by atoms with van der Waals surface area (Å²) >= 11 is 0. The second-order valence-electron chi connectivity index (χ2n) is 4.55. The second kappa shape index (κ2) is 4.36. The van der Waals surface area contributed by atoms with Crippen LogP contribution in [0.4, 0.5) is 11.6 Å². The van der Waals surface area contributed by atoms with Gasteiger partial charge in [0.25, 0.3) is 5.91 Å². The Balaban J connectivity index is 3.11. The standard InChI is InChI=1S/C10H15N5O2/c1-10(2,3)15-9(17)6-8(12)13-5(4-16)7(11)14-6/h4H,1-3H3,(H2,11,14)(H2,12,13)(H,15,17). The number of hydrogen-bond acceptors (Lipinski definition) is 6. The molecule has 1 amide bonds. The molecule has 0 aliphatic rings. The number of nitrogen functional groups attached to an aromatic ring is 2. The predicted octanol–water partition coefficient (Wildman–Crippen LogP) is -0.0182. The van der Waals surface area contributed by atoms with Gasteiger partial charge in [0.2, 0.25) is 0 Å². The minimum atomic E-state index is -0.480. The van der Waals surface area contributed by atoms with Crippen molar-refractivity contribution in [2.75, 3.05) is 11.5 Å². The summed E-state index contributed by atoms with van der Waals surface area (Å²) in [5, 5.41) is 2.68. The van der Waals surface area contributed by atoms with Gasteiger partial charge in [-0.05, 0) is 20.8 Å². The molecule has 0 spiro atoms. The van der Waals surface area contributed by atoms with Gasteiger partial charge in [-0.3, -0.25) is 9.59 Å². The van der Waals surface area contributed by atoms with E-state index in [1.165, 1.54) is 0 Å². The maximum atomic E-state index is 11.8. The zero-order valence-corrected chi connectivity index (χ0v) is 9.94. The number of amides is 1. The summed E-state index contributed by atoms with van der Waals surface area (Å²) in [5.74, 6) is -0.719. The lowest BCUT2D eigenvalue weighted by molar-refractivity contribution is 0.0914. The molecular formula is C10H15N5O2. The van der Waals surface area contributed by atoms with E-state index in [4.69, 9.17) is 11.5 Å². The van der Waals surface area contributed by atoms with Crippen LogP contribution in [0.3, 0.4) is 0 Å². The van der Waals surface area contributed by atoms with Crippen molar-refractivity contribution in [3.05, 3.63) is 11.4 Å². The average Bonchev–Trinajstić information content (AvgIpc) is 2.18. The molecule has 0 aliphatic heterocycles. The minimum Gasteiger partial charge on any atom is -0.382 e. The van der Waals surface area contributed by atoms with Crippen molar-refractivity contribution in [2.45, 2.75) is 26.3 Å². The predicted molar refractivity (Wildman–Crippen MR) is 63.5 cm³/mol. The molecule has 0 aliphatic carbocycles. The fourth-order valence-corrected chi connectivity index (χ4v) is 1.13. The number of rotatable bonds is 2. The number of carbonyl (C=O) groups excluding carboxylic acids is 2. The summed E-state index contributed by atoms with van der Waals surface area (Å²) < 4.78 is 0. The Morgan fingerprint density at radius 2 is 1.82 bits per heavy atom. The molecule has 0 bridgehead atoms. The van der Waals surface area contributed by atoms with Gasteiger partial charge in [-0.2, -0.15) is 0 Å². The summed E-state index contributed by atoms with van der Waals surface area (Å²) in [7, 11) is 0. The highest BCUT2D eigenvalue weighted by Crippen LogP contribution is 2.12. The molecule has 0 fully saturated rings. The van der Waals surface area contributed by atoms with Gasteiger partial charge in [0, 0.05) is 5.54 Å². The molecule has 0 radical (unpaired) electrons. The molecule has 7 heteroatoms. The Morgan fingerprint density at radius 1 is 1.24 bits per heavy atom. The summed E-state index contributed by atoms with van der Waals surface area (Å²) in [6, 6.07) is 0. The Kier molecular flexibility index (Phi) is 3.31. The number of nitrogens with zero attached hydrogens (tertiary/aromatic N) is 2. The molecule has 92 valence electrons.